The van der Waals surface area contributed by atoms with E-state index in [4.69, 9.17) is 14.2 Å². The number of hydrogen-bond acceptors (Lipinski definition) is 4. The second kappa shape index (κ2) is 8.61. The molecule has 1 aromatic carbocycles. The molecule has 0 atom stereocenters. The molecule has 23 heavy (non-hydrogen) atoms. The lowest BCUT2D eigenvalue weighted by molar-refractivity contribution is 0.104. The van der Waals surface area contributed by atoms with Gasteiger partial charge >= 0.3 is 0 Å². The Morgan fingerprint density at radius 3 is 2.00 bits per heavy atom. The van der Waals surface area contributed by atoms with Crippen molar-refractivity contribution in [3.05, 3.63) is 29.8 Å². The van der Waals surface area contributed by atoms with Crippen molar-refractivity contribution in [2.75, 3.05) is 21.3 Å². The standard InChI is InChI=1S/C19H26O4/c1-21-17-12-15(13-18(22-2)19(17)23-3)16(20)11-10-14-8-6-4-5-7-9-14/h10-14H,4-9H2,1-3H3/b11-10+. The molecule has 1 fully saturated rings. The normalized spacial score (nSPS) is 16.1. The highest BCUT2D eigenvalue weighted by Crippen LogP contribution is 2.38. The molecule has 4 heteroatoms. The minimum atomic E-state index is -0.0338. The first kappa shape index (κ1) is 17.4. The van der Waals surface area contributed by atoms with Crippen LogP contribution in [0.3, 0.4) is 0 Å². The topological polar surface area (TPSA) is 44.8 Å². The van der Waals surface area contributed by atoms with E-state index < -0.39 is 0 Å². The Morgan fingerprint density at radius 1 is 0.957 bits per heavy atom. The fourth-order valence-electron chi connectivity index (χ4n) is 3.05. The second-order valence-corrected chi connectivity index (χ2v) is 5.89. The summed E-state index contributed by atoms with van der Waals surface area (Å²) >= 11 is 0. The van der Waals surface area contributed by atoms with Crippen molar-refractivity contribution in [1.82, 2.24) is 0 Å². The smallest absolute Gasteiger partial charge is 0.203 e. The van der Waals surface area contributed by atoms with Crippen molar-refractivity contribution in [1.29, 1.82) is 0 Å². The Hall–Kier alpha value is -1.97. The molecule has 0 spiro atoms. The van der Waals surface area contributed by atoms with Crippen LogP contribution in [0.1, 0.15) is 48.9 Å². The quantitative estimate of drug-likeness (QED) is 0.442. The summed E-state index contributed by atoms with van der Waals surface area (Å²) in [6.45, 7) is 0. The molecule has 2 rings (SSSR count). The Labute approximate surface area is 138 Å². The molecule has 0 amide bonds. The lowest BCUT2D eigenvalue weighted by atomic mass is 9.98. The third-order valence-corrected chi connectivity index (χ3v) is 4.37. The van der Waals surface area contributed by atoms with Gasteiger partial charge in [0.2, 0.25) is 5.75 Å². The number of ketones is 1. The SMILES string of the molecule is COc1cc(C(=O)/C=C/C2CCCCCC2)cc(OC)c1OC. The molecule has 1 aliphatic carbocycles. The Morgan fingerprint density at radius 2 is 1.52 bits per heavy atom. The van der Waals surface area contributed by atoms with Crippen LogP contribution in [0, 0.1) is 5.92 Å². The zero-order valence-electron chi connectivity index (χ0n) is 14.3. The largest absolute Gasteiger partial charge is 0.493 e. The molecule has 4 nitrogen and oxygen atoms in total. The zero-order valence-corrected chi connectivity index (χ0v) is 14.3. The summed E-state index contributed by atoms with van der Waals surface area (Å²) in [7, 11) is 4.65. The highest BCUT2D eigenvalue weighted by Gasteiger charge is 2.16. The number of carbonyl (C=O) groups excluding carboxylic acids is 1. The maximum atomic E-state index is 12.5. The van der Waals surface area contributed by atoms with E-state index in [0.717, 1.165) is 0 Å². The maximum absolute atomic E-state index is 12.5. The molecule has 0 N–H and O–H groups in total. The summed E-state index contributed by atoms with van der Waals surface area (Å²) in [6, 6.07) is 3.39. The van der Waals surface area contributed by atoms with E-state index in [1.165, 1.54) is 38.5 Å². The van der Waals surface area contributed by atoms with E-state index in [0.29, 0.717) is 28.7 Å². The van der Waals surface area contributed by atoms with Crippen molar-refractivity contribution >= 4 is 5.78 Å². The van der Waals surface area contributed by atoms with Gasteiger partial charge in [-0.15, -0.1) is 0 Å². The summed E-state index contributed by atoms with van der Waals surface area (Å²) in [5, 5.41) is 0. The molecular weight excluding hydrogens is 292 g/mol. The van der Waals surface area contributed by atoms with Gasteiger partial charge in [-0.2, -0.15) is 0 Å². The van der Waals surface area contributed by atoms with E-state index >= 15 is 0 Å². The van der Waals surface area contributed by atoms with Crippen LogP contribution in [0.2, 0.25) is 0 Å². The maximum Gasteiger partial charge on any atom is 0.203 e. The van der Waals surface area contributed by atoms with E-state index in [-0.39, 0.29) is 5.78 Å². The van der Waals surface area contributed by atoms with Gasteiger partial charge in [0, 0.05) is 5.56 Å². The first-order chi connectivity index (χ1) is 11.2. The summed E-state index contributed by atoms with van der Waals surface area (Å²) in [6.07, 6.45) is 11.3. The van der Waals surface area contributed by atoms with Crippen LogP contribution in [0.25, 0.3) is 0 Å². The molecule has 0 aliphatic heterocycles. The van der Waals surface area contributed by atoms with Crippen molar-refractivity contribution in [2.45, 2.75) is 38.5 Å². The summed E-state index contributed by atoms with van der Waals surface area (Å²) in [4.78, 5) is 12.5. The van der Waals surface area contributed by atoms with Crippen LogP contribution < -0.4 is 14.2 Å². The van der Waals surface area contributed by atoms with E-state index in [1.807, 2.05) is 0 Å². The third-order valence-electron chi connectivity index (χ3n) is 4.37. The van der Waals surface area contributed by atoms with E-state index in [9.17, 15) is 4.79 Å². The first-order valence-electron chi connectivity index (χ1n) is 8.22. The monoisotopic (exact) mass is 318 g/mol. The molecule has 0 heterocycles. The van der Waals surface area contributed by atoms with Gasteiger partial charge in [-0.25, -0.2) is 0 Å². The molecule has 1 aliphatic rings. The summed E-state index contributed by atoms with van der Waals surface area (Å²) in [5.74, 6) is 1.98. The Kier molecular flexibility index (Phi) is 6.51. The molecule has 1 saturated carbocycles. The average molecular weight is 318 g/mol. The van der Waals surface area contributed by atoms with Gasteiger partial charge in [-0.1, -0.05) is 31.8 Å². The lowest BCUT2D eigenvalue weighted by Gasteiger charge is -2.13. The molecule has 0 bridgehead atoms. The van der Waals surface area contributed by atoms with Crippen LogP contribution in [0.15, 0.2) is 24.3 Å². The highest BCUT2D eigenvalue weighted by molar-refractivity contribution is 6.05. The molecule has 0 saturated heterocycles. The number of rotatable bonds is 6. The number of methoxy groups -OCH3 is 3. The van der Waals surface area contributed by atoms with Gasteiger partial charge in [0.25, 0.3) is 0 Å². The van der Waals surface area contributed by atoms with Crippen LogP contribution >= 0.6 is 0 Å². The van der Waals surface area contributed by atoms with Crippen molar-refractivity contribution in [2.24, 2.45) is 5.92 Å². The van der Waals surface area contributed by atoms with E-state index in [2.05, 4.69) is 6.08 Å². The third kappa shape index (κ3) is 4.50. The van der Waals surface area contributed by atoms with Gasteiger partial charge in [0.05, 0.1) is 21.3 Å². The van der Waals surface area contributed by atoms with Crippen LogP contribution in [-0.2, 0) is 0 Å². The molecule has 126 valence electrons. The molecular formula is C19H26O4. The van der Waals surface area contributed by atoms with Crippen molar-refractivity contribution in [3.8, 4) is 17.2 Å². The first-order valence-corrected chi connectivity index (χ1v) is 8.22. The molecule has 0 unspecified atom stereocenters. The van der Waals surface area contributed by atoms with Crippen LogP contribution in [0.5, 0.6) is 17.2 Å². The van der Waals surface area contributed by atoms with Crippen molar-refractivity contribution < 1.29 is 19.0 Å². The van der Waals surface area contributed by atoms with E-state index in [1.54, 1.807) is 39.5 Å². The fraction of sp³-hybridized carbons (Fsp3) is 0.526. The van der Waals surface area contributed by atoms with Crippen molar-refractivity contribution in [3.63, 3.8) is 0 Å². The summed E-state index contributed by atoms with van der Waals surface area (Å²) < 4.78 is 15.9. The zero-order chi connectivity index (χ0) is 16.7. The van der Waals surface area contributed by atoms with Gasteiger partial charge in [0.15, 0.2) is 17.3 Å². The minimum absolute atomic E-state index is 0.0338. The number of hydrogen-bond donors (Lipinski definition) is 0. The molecule has 0 radical (unpaired) electrons. The number of benzene rings is 1. The Balaban J connectivity index is 2.18. The molecule has 0 aromatic heterocycles. The van der Waals surface area contributed by atoms with Gasteiger partial charge in [0.1, 0.15) is 0 Å². The van der Waals surface area contributed by atoms with Gasteiger partial charge < -0.3 is 14.2 Å². The Bertz CT molecular complexity index is 529. The van der Waals surface area contributed by atoms with Crippen LogP contribution in [0.4, 0.5) is 0 Å². The lowest BCUT2D eigenvalue weighted by Crippen LogP contribution is -2.01. The van der Waals surface area contributed by atoms with Gasteiger partial charge in [-0.3, -0.25) is 4.79 Å². The highest BCUT2D eigenvalue weighted by atomic mass is 16.5. The number of carbonyl (C=O) groups is 1. The predicted molar refractivity (Wildman–Crippen MR) is 90.8 cm³/mol. The van der Waals surface area contributed by atoms with Crippen LogP contribution in [-0.4, -0.2) is 27.1 Å². The van der Waals surface area contributed by atoms with Gasteiger partial charge in [-0.05, 0) is 37.0 Å². The number of allylic oxidation sites excluding steroid dienone is 2. The predicted octanol–water partition coefficient (Wildman–Crippen LogP) is 4.42. The fourth-order valence-corrected chi connectivity index (χ4v) is 3.05. The number of ether oxygens (including phenoxy) is 3. The molecule has 1 aromatic rings. The average Bonchev–Trinajstić information content (AvgIpc) is 2.86. The summed E-state index contributed by atoms with van der Waals surface area (Å²) in [5.41, 5.74) is 0.546. The minimum Gasteiger partial charge on any atom is -0.493 e. The second-order valence-electron chi connectivity index (χ2n) is 5.89.